The Kier molecular flexibility index (Phi) is 12.2. The maximum Gasteiger partial charge on any atom is 0.264 e. The lowest BCUT2D eigenvalue weighted by Gasteiger charge is -2.32. The lowest BCUT2D eigenvalue weighted by molar-refractivity contribution is -0.139. The molecule has 2 amide bonds. The number of rotatable bonds is 15. The molecule has 0 saturated heterocycles. The van der Waals surface area contributed by atoms with Gasteiger partial charge in [0.05, 0.1) is 17.2 Å². The van der Waals surface area contributed by atoms with Gasteiger partial charge in [-0.3, -0.25) is 13.9 Å². The summed E-state index contributed by atoms with van der Waals surface area (Å²) in [6, 6.07) is 17.6. The molecular weight excluding hydrogens is 577 g/mol. The molecule has 0 saturated carbocycles. The molecule has 226 valence electrons. The molecule has 3 aromatic carbocycles. The molecule has 3 aromatic rings. The Morgan fingerprint density at radius 3 is 2.19 bits per heavy atom. The summed E-state index contributed by atoms with van der Waals surface area (Å²) in [4.78, 5) is 29.2. The van der Waals surface area contributed by atoms with E-state index in [1.165, 1.54) is 53.1 Å². The number of nitrogens with one attached hydrogen (secondary N) is 1. The van der Waals surface area contributed by atoms with Crippen LogP contribution in [0.25, 0.3) is 0 Å². The van der Waals surface area contributed by atoms with Crippen LogP contribution in [0.4, 0.5) is 10.1 Å². The van der Waals surface area contributed by atoms with Crippen LogP contribution in [-0.4, -0.2) is 57.1 Å². The Morgan fingerprint density at radius 1 is 0.976 bits per heavy atom. The third-order valence-electron chi connectivity index (χ3n) is 6.63. The van der Waals surface area contributed by atoms with Gasteiger partial charge in [-0.1, -0.05) is 25.5 Å². The van der Waals surface area contributed by atoms with E-state index in [4.69, 9.17) is 4.74 Å². The average molecular weight is 616 g/mol. The van der Waals surface area contributed by atoms with Crippen molar-refractivity contribution in [3.63, 3.8) is 0 Å². The van der Waals surface area contributed by atoms with E-state index < -0.39 is 34.3 Å². The average Bonchev–Trinajstić information content (AvgIpc) is 2.99. The Balaban J connectivity index is 2.00. The maximum absolute atomic E-state index is 14.0. The second-order valence-electron chi connectivity index (χ2n) is 9.58. The summed E-state index contributed by atoms with van der Waals surface area (Å²) in [7, 11) is -4.19. The van der Waals surface area contributed by atoms with Gasteiger partial charge in [0.2, 0.25) is 11.8 Å². The molecule has 11 heteroatoms. The van der Waals surface area contributed by atoms with Gasteiger partial charge in [0.25, 0.3) is 10.0 Å². The molecule has 0 aliphatic heterocycles. The molecule has 8 nitrogen and oxygen atoms in total. The molecule has 0 aromatic heterocycles. The van der Waals surface area contributed by atoms with Crippen molar-refractivity contribution in [2.24, 2.45) is 0 Å². The van der Waals surface area contributed by atoms with Crippen LogP contribution < -0.4 is 14.4 Å². The first kappa shape index (κ1) is 32.9. The van der Waals surface area contributed by atoms with Gasteiger partial charge in [0.1, 0.15) is 24.2 Å². The number of amides is 2. The second kappa shape index (κ2) is 15.6. The highest BCUT2D eigenvalue weighted by Gasteiger charge is 2.32. The van der Waals surface area contributed by atoms with Crippen LogP contribution >= 0.6 is 11.8 Å². The van der Waals surface area contributed by atoms with Gasteiger partial charge in [-0.2, -0.15) is 0 Å². The van der Waals surface area contributed by atoms with Crippen molar-refractivity contribution in [3.05, 3.63) is 84.2 Å². The van der Waals surface area contributed by atoms with Crippen molar-refractivity contribution in [1.82, 2.24) is 10.2 Å². The number of unbranched alkanes of at least 4 members (excludes halogenated alkanes) is 1. The molecule has 0 heterocycles. The van der Waals surface area contributed by atoms with E-state index in [0.29, 0.717) is 24.5 Å². The summed E-state index contributed by atoms with van der Waals surface area (Å²) in [6.07, 6.45) is 3.56. The van der Waals surface area contributed by atoms with Gasteiger partial charge in [-0.25, -0.2) is 12.8 Å². The monoisotopic (exact) mass is 615 g/mol. The van der Waals surface area contributed by atoms with Crippen LogP contribution in [-0.2, 0) is 26.2 Å². The molecule has 0 spiro atoms. The minimum atomic E-state index is -4.19. The Labute approximate surface area is 252 Å². The molecule has 0 aliphatic rings. The standard InChI is InChI=1S/C31H38FN3O5S2/c1-5-7-20-33-31(37)23(3)34(21-24-8-10-25(32)11-9-24)30(36)22-35(26-12-14-27(15-13-26)40-6-2)42(38,39)29-18-16-28(41-4)17-19-29/h8-19,23H,5-7,20-22H2,1-4H3,(H,33,37)/t23-/m0/s1. The third-order valence-corrected chi connectivity index (χ3v) is 9.16. The van der Waals surface area contributed by atoms with Crippen molar-refractivity contribution >= 4 is 39.3 Å². The molecule has 1 N–H and O–H groups in total. The Morgan fingerprint density at radius 2 is 1.62 bits per heavy atom. The lowest BCUT2D eigenvalue weighted by atomic mass is 10.1. The number of carbonyl (C=O) groups is 2. The predicted molar refractivity (Wildman–Crippen MR) is 165 cm³/mol. The zero-order valence-electron chi connectivity index (χ0n) is 24.4. The number of carbonyl (C=O) groups excluding carboxylic acids is 2. The highest BCUT2D eigenvalue weighted by molar-refractivity contribution is 7.98. The van der Waals surface area contributed by atoms with Crippen molar-refractivity contribution in [3.8, 4) is 5.75 Å². The number of nitrogens with zero attached hydrogens (tertiary/aromatic N) is 2. The number of sulfonamides is 1. The van der Waals surface area contributed by atoms with E-state index in [-0.39, 0.29) is 23.0 Å². The van der Waals surface area contributed by atoms with Crippen LogP contribution in [0, 0.1) is 5.82 Å². The van der Waals surface area contributed by atoms with E-state index in [9.17, 15) is 22.4 Å². The zero-order valence-corrected chi connectivity index (χ0v) is 26.0. The normalized spacial score (nSPS) is 11.9. The van der Waals surface area contributed by atoms with E-state index in [2.05, 4.69) is 5.32 Å². The molecule has 1 atom stereocenters. The Bertz CT molecular complexity index is 1420. The zero-order chi connectivity index (χ0) is 30.7. The fourth-order valence-electron chi connectivity index (χ4n) is 4.18. The maximum atomic E-state index is 14.0. The molecule has 3 rings (SSSR count). The fraction of sp³-hybridized carbons (Fsp3) is 0.355. The topological polar surface area (TPSA) is 96.0 Å². The summed E-state index contributed by atoms with van der Waals surface area (Å²) in [5.74, 6) is -0.815. The van der Waals surface area contributed by atoms with Crippen molar-refractivity contribution in [1.29, 1.82) is 0 Å². The van der Waals surface area contributed by atoms with Gasteiger partial charge < -0.3 is 15.0 Å². The number of thioether (sulfide) groups is 1. The van der Waals surface area contributed by atoms with Gasteiger partial charge in [0, 0.05) is 18.0 Å². The molecular formula is C31H38FN3O5S2. The van der Waals surface area contributed by atoms with Gasteiger partial charge >= 0.3 is 0 Å². The quantitative estimate of drug-likeness (QED) is 0.180. The smallest absolute Gasteiger partial charge is 0.264 e. The summed E-state index contributed by atoms with van der Waals surface area (Å²) >= 11 is 1.48. The van der Waals surface area contributed by atoms with Crippen LogP contribution in [0.5, 0.6) is 5.75 Å². The third kappa shape index (κ3) is 8.72. The number of halogens is 1. The van der Waals surface area contributed by atoms with Crippen molar-refractivity contribution in [2.45, 2.75) is 56.0 Å². The number of ether oxygens (including phenoxy) is 1. The first-order chi connectivity index (χ1) is 20.1. The highest BCUT2D eigenvalue weighted by Crippen LogP contribution is 2.28. The first-order valence-electron chi connectivity index (χ1n) is 13.8. The number of anilines is 1. The summed E-state index contributed by atoms with van der Waals surface area (Å²) < 4.78 is 48.1. The molecule has 0 fully saturated rings. The molecule has 0 radical (unpaired) electrons. The lowest BCUT2D eigenvalue weighted by Crippen LogP contribution is -2.51. The second-order valence-corrected chi connectivity index (χ2v) is 12.3. The number of benzene rings is 3. The van der Waals surface area contributed by atoms with Gasteiger partial charge in [-0.15, -0.1) is 11.8 Å². The van der Waals surface area contributed by atoms with Crippen molar-refractivity contribution in [2.75, 3.05) is 30.3 Å². The fourth-order valence-corrected chi connectivity index (χ4v) is 6.01. The Hall–Kier alpha value is -3.57. The first-order valence-corrected chi connectivity index (χ1v) is 16.5. The molecule has 0 unspecified atom stereocenters. The van der Waals surface area contributed by atoms with E-state index in [1.54, 1.807) is 43.3 Å². The van der Waals surface area contributed by atoms with E-state index >= 15 is 0 Å². The number of hydrogen-bond donors (Lipinski definition) is 1. The van der Waals surface area contributed by atoms with Crippen LogP contribution in [0.1, 0.15) is 39.2 Å². The highest BCUT2D eigenvalue weighted by atomic mass is 32.2. The van der Waals surface area contributed by atoms with E-state index in [0.717, 1.165) is 22.0 Å². The molecule has 0 aliphatic carbocycles. The molecule has 0 bridgehead atoms. The van der Waals surface area contributed by atoms with Crippen LogP contribution in [0.2, 0.25) is 0 Å². The number of hydrogen-bond acceptors (Lipinski definition) is 6. The minimum absolute atomic E-state index is 0.0128. The predicted octanol–water partition coefficient (Wildman–Crippen LogP) is 5.48. The van der Waals surface area contributed by atoms with Gasteiger partial charge in [0.15, 0.2) is 0 Å². The van der Waals surface area contributed by atoms with E-state index in [1.807, 2.05) is 20.1 Å². The van der Waals surface area contributed by atoms with Gasteiger partial charge in [-0.05, 0) is 92.8 Å². The molecule has 42 heavy (non-hydrogen) atoms. The summed E-state index contributed by atoms with van der Waals surface area (Å²) in [5, 5.41) is 2.84. The summed E-state index contributed by atoms with van der Waals surface area (Å²) in [5.41, 5.74) is 0.864. The minimum Gasteiger partial charge on any atom is -0.494 e. The summed E-state index contributed by atoms with van der Waals surface area (Å²) in [6.45, 7) is 5.77. The SMILES string of the molecule is CCCCNC(=O)[C@H](C)N(Cc1ccc(F)cc1)C(=O)CN(c1ccc(OCC)cc1)S(=O)(=O)c1ccc(SC)cc1. The van der Waals surface area contributed by atoms with Crippen LogP contribution in [0.3, 0.4) is 0 Å². The van der Waals surface area contributed by atoms with Crippen LogP contribution in [0.15, 0.2) is 82.6 Å². The van der Waals surface area contributed by atoms with Crippen molar-refractivity contribution < 1.29 is 27.1 Å². The largest absolute Gasteiger partial charge is 0.494 e.